The molecule has 0 heterocycles. The fraction of sp³-hybridized carbons (Fsp3) is 0. The Morgan fingerprint density at radius 3 is 1.07 bits per heavy atom. The van der Waals surface area contributed by atoms with Gasteiger partial charge >= 0.3 is 115 Å². The van der Waals surface area contributed by atoms with Gasteiger partial charge in [-0.25, -0.2) is 0 Å². The molecule has 0 aromatic carbocycles. The molecule has 0 aromatic heterocycles. The Labute approximate surface area is 132 Å². The molecular formula is H5Cr2KO11S. The van der Waals surface area contributed by atoms with Gasteiger partial charge < -0.3 is 1.43 Å². The summed E-state index contributed by atoms with van der Waals surface area (Å²) in [6.45, 7) is 0. The van der Waals surface area contributed by atoms with Crippen LogP contribution in [0, 0.1) is 0 Å². The van der Waals surface area contributed by atoms with Crippen LogP contribution in [-0.2, 0) is 55.7 Å². The normalized spacial score (nSPS) is 12.0. The molecule has 0 fully saturated rings. The van der Waals surface area contributed by atoms with Crippen molar-refractivity contribution >= 4 is 10.4 Å². The number of rotatable bonds is 2. The molecule has 0 bridgehead atoms. The molecule has 0 amide bonds. The first-order chi connectivity index (χ1) is 5.71. The van der Waals surface area contributed by atoms with Crippen LogP contribution in [0.5, 0.6) is 0 Å². The molecule has 0 aromatic rings. The van der Waals surface area contributed by atoms with E-state index in [0.717, 1.165) is 0 Å². The molecule has 11 nitrogen and oxygen atoms in total. The fourth-order valence-electron chi connectivity index (χ4n) is 0.109. The van der Waals surface area contributed by atoms with Gasteiger partial charge in [0.25, 0.3) is 0 Å². The SMILES string of the molecule is O=S(=O)(O)O.[H-].[K+].[O]=[Cr](=[O])([OH])[O][Cr](=[O])(=[O])[OH]. The van der Waals surface area contributed by atoms with Gasteiger partial charge in [-0.05, 0) is 0 Å². The van der Waals surface area contributed by atoms with Gasteiger partial charge in [0.15, 0.2) is 0 Å². The van der Waals surface area contributed by atoms with Crippen molar-refractivity contribution in [1.29, 1.82) is 0 Å². The second kappa shape index (κ2) is 7.88. The van der Waals surface area contributed by atoms with Crippen LogP contribution >= 0.6 is 0 Å². The molecule has 0 atom stereocenters. The van der Waals surface area contributed by atoms with E-state index >= 15 is 0 Å². The molecule has 0 spiro atoms. The van der Waals surface area contributed by atoms with E-state index in [0.29, 0.717) is 0 Å². The van der Waals surface area contributed by atoms with Crippen LogP contribution < -0.4 is 51.4 Å². The molecular weight excluding hydrogens is 351 g/mol. The van der Waals surface area contributed by atoms with E-state index in [-0.39, 0.29) is 52.8 Å². The molecule has 0 rings (SSSR count). The van der Waals surface area contributed by atoms with Crippen molar-refractivity contribution in [3.8, 4) is 0 Å². The van der Waals surface area contributed by atoms with E-state index in [2.05, 4.69) is 2.84 Å². The zero-order chi connectivity index (χ0) is 12.2. The molecule has 15 heteroatoms. The summed E-state index contributed by atoms with van der Waals surface area (Å²) in [6.07, 6.45) is 0. The third-order valence-corrected chi connectivity index (χ3v) is 2.92. The van der Waals surface area contributed by atoms with Crippen LogP contribution in [0.4, 0.5) is 0 Å². The summed E-state index contributed by atoms with van der Waals surface area (Å²) in [7, 11) is -4.67. The Morgan fingerprint density at radius 2 is 1.07 bits per heavy atom. The van der Waals surface area contributed by atoms with Gasteiger partial charge in [0.1, 0.15) is 0 Å². The van der Waals surface area contributed by atoms with Crippen molar-refractivity contribution in [1.82, 2.24) is 0 Å². The Bertz CT molecular complexity index is 416. The quantitative estimate of drug-likeness (QED) is 0.273. The van der Waals surface area contributed by atoms with Crippen LogP contribution in [0.2, 0.25) is 0 Å². The maximum atomic E-state index is 9.53. The number of hydrogen-bond donors (Lipinski definition) is 4. The summed E-state index contributed by atoms with van der Waals surface area (Å²) in [5, 5.41) is 0. The second-order valence-electron chi connectivity index (χ2n) is 1.37. The van der Waals surface area contributed by atoms with Gasteiger partial charge in [-0.1, -0.05) is 0 Å². The predicted molar refractivity (Wildman–Crippen MR) is 23.6 cm³/mol. The van der Waals surface area contributed by atoms with Crippen molar-refractivity contribution in [2.75, 3.05) is 0 Å². The summed E-state index contributed by atoms with van der Waals surface area (Å²) in [6, 6.07) is 0. The van der Waals surface area contributed by atoms with Gasteiger partial charge in [-0.3, -0.25) is 9.11 Å². The van der Waals surface area contributed by atoms with Gasteiger partial charge in [0.05, 0.1) is 0 Å². The average Bonchev–Trinajstić information content (AvgIpc) is 1.42. The van der Waals surface area contributed by atoms with Crippen molar-refractivity contribution < 1.29 is 124 Å². The molecule has 15 heavy (non-hydrogen) atoms. The molecule has 0 saturated heterocycles. The standard InChI is InChI=1S/2Cr.K.H2O4S.2H2O.5O.H/c;;;1-5(2,3)4;;;;;;;;/h;;;(H2,1,2,3,4);2*1H2;;;;;;/q3*+1;;;;;;;;;-1/p-2. The van der Waals surface area contributed by atoms with Gasteiger partial charge in [0.2, 0.25) is 0 Å². The minimum absolute atomic E-state index is 0. The first-order valence-electron chi connectivity index (χ1n) is 2.06. The van der Waals surface area contributed by atoms with E-state index in [4.69, 9.17) is 25.8 Å². The first kappa shape index (κ1) is 21.9. The topological polar surface area (TPSA) is 193 Å². The van der Waals surface area contributed by atoms with E-state index < -0.39 is 37.6 Å². The van der Waals surface area contributed by atoms with E-state index in [1.807, 2.05) is 0 Å². The van der Waals surface area contributed by atoms with E-state index in [1.54, 1.807) is 0 Å². The molecule has 0 unspecified atom stereocenters. The Kier molecular flexibility index (Phi) is 11.5. The predicted octanol–water partition coefficient (Wildman–Crippen LogP) is -5.20. The minimum atomic E-state index is -5.76. The van der Waals surface area contributed by atoms with Crippen LogP contribution in [0.3, 0.4) is 0 Å². The molecule has 0 radical (unpaired) electrons. The Morgan fingerprint density at radius 1 is 0.933 bits per heavy atom. The number of hydrogen-bond acceptors (Lipinski definition) is 7. The summed E-state index contributed by atoms with van der Waals surface area (Å²) in [5.41, 5.74) is 0. The third kappa shape index (κ3) is 49.8. The van der Waals surface area contributed by atoms with Gasteiger partial charge in [-0.2, -0.15) is 8.42 Å². The van der Waals surface area contributed by atoms with Crippen LogP contribution in [0.25, 0.3) is 0 Å². The first-order valence-corrected chi connectivity index (χ1v) is 7.72. The monoisotopic (exact) mass is 356 g/mol. The van der Waals surface area contributed by atoms with Crippen molar-refractivity contribution in [3.63, 3.8) is 0 Å². The molecule has 0 aliphatic carbocycles. The average molecular weight is 356 g/mol. The third-order valence-electron chi connectivity index (χ3n) is 0.172. The molecule has 90 valence electrons. The van der Waals surface area contributed by atoms with Crippen LogP contribution in [0.15, 0.2) is 0 Å². The maximum absolute atomic E-state index is 9.53. The fourth-order valence-corrected chi connectivity index (χ4v) is 1.85. The second-order valence-corrected chi connectivity index (χ2v) is 6.03. The van der Waals surface area contributed by atoms with Crippen molar-refractivity contribution in [3.05, 3.63) is 0 Å². The van der Waals surface area contributed by atoms with E-state index in [1.165, 1.54) is 0 Å². The van der Waals surface area contributed by atoms with E-state index in [9.17, 15) is 15.2 Å². The molecule has 0 aliphatic heterocycles. The van der Waals surface area contributed by atoms with Gasteiger partial charge in [0, 0.05) is 0 Å². The Hall–Kier alpha value is 1.65. The zero-order valence-corrected chi connectivity index (χ0v) is 13.4. The molecule has 4 N–H and O–H groups in total. The summed E-state index contributed by atoms with van der Waals surface area (Å²) < 4.78 is 87.8. The molecule has 0 saturated carbocycles. The molecule has 0 aliphatic rings. The van der Waals surface area contributed by atoms with Crippen molar-refractivity contribution in [2.24, 2.45) is 0 Å². The van der Waals surface area contributed by atoms with Crippen LogP contribution in [-0.4, -0.2) is 25.8 Å². The van der Waals surface area contributed by atoms with Gasteiger partial charge in [-0.15, -0.1) is 0 Å². The van der Waals surface area contributed by atoms with Crippen LogP contribution in [0.1, 0.15) is 1.43 Å². The Balaban J connectivity index is -0.0000000904. The summed E-state index contributed by atoms with van der Waals surface area (Å²) in [5.74, 6) is 0. The zero-order valence-electron chi connectivity index (χ0n) is 7.87. The summed E-state index contributed by atoms with van der Waals surface area (Å²) >= 11 is -11.5. The summed E-state index contributed by atoms with van der Waals surface area (Å²) in [4.78, 5) is 0. The van der Waals surface area contributed by atoms with Crippen molar-refractivity contribution in [2.45, 2.75) is 0 Å².